The summed E-state index contributed by atoms with van der Waals surface area (Å²) in [5.74, 6) is 0.613. The quantitative estimate of drug-likeness (QED) is 0.737. The van der Waals surface area contributed by atoms with Gasteiger partial charge in [-0.1, -0.05) is 28.1 Å². The molecule has 1 aromatic carbocycles. The maximum Gasteiger partial charge on any atom is 0.387 e. The highest BCUT2D eigenvalue weighted by Gasteiger charge is 2.12. The Bertz CT molecular complexity index is 599. The molecule has 1 heterocycles. The van der Waals surface area contributed by atoms with E-state index in [1.165, 1.54) is 19.5 Å². The van der Waals surface area contributed by atoms with Gasteiger partial charge in [0.2, 0.25) is 5.88 Å². The molecule has 0 fully saturated rings. The zero-order chi connectivity index (χ0) is 15.2. The van der Waals surface area contributed by atoms with Gasteiger partial charge in [0.15, 0.2) is 0 Å². The van der Waals surface area contributed by atoms with E-state index >= 15 is 0 Å². The third-order valence-electron chi connectivity index (χ3n) is 2.74. The summed E-state index contributed by atoms with van der Waals surface area (Å²) < 4.78 is 33.9. The zero-order valence-electron chi connectivity index (χ0n) is 11.2. The monoisotopic (exact) mass is 358 g/mol. The van der Waals surface area contributed by atoms with Crippen molar-refractivity contribution in [1.82, 2.24) is 9.97 Å². The standard InChI is InChI=1S/C14H13BrF2N2O2/c1-20-13-7-10(18-8-19-13)6-12(15)9-3-2-4-11(5-9)21-14(16)17/h2-5,7-8,12,14H,6H2,1H3. The fraction of sp³-hybridized carbons (Fsp3) is 0.286. The lowest BCUT2D eigenvalue weighted by molar-refractivity contribution is -0.0498. The van der Waals surface area contributed by atoms with Gasteiger partial charge in [-0.2, -0.15) is 8.78 Å². The second-order valence-corrected chi connectivity index (χ2v) is 5.28. The summed E-state index contributed by atoms with van der Waals surface area (Å²) >= 11 is 3.53. The van der Waals surface area contributed by atoms with E-state index < -0.39 is 6.61 Å². The van der Waals surface area contributed by atoms with Crippen LogP contribution in [-0.2, 0) is 6.42 Å². The third kappa shape index (κ3) is 4.63. The number of nitrogens with zero attached hydrogens (tertiary/aromatic N) is 2. The molecule has 7 heteroatoms. The Balaban J connectivity index is 2.10. The first-order valence-electron chi connectivity index (χ1n) is 6.12. The summed E-state index contributed by atoms with van der Waals surface area (Å²) in [5.41, 5.74) is 1.61. The average Bonchev–Trinajstić information content (AvgIpc) is 2.47. The molecule has 0 aliphatic carbocycles. The third-order valence-corrected chi connectivity index (χ3v) is 3.59. The van der Waals surface area contributed by atoms with Crippen LogP contribution in [-0.4, -0.2) is 23.7 Å². The highest BCUT2D eigenvalue weighted by molar-refractivity contribution is 9.09. The molecule has 0 saturated carbocycles. The lowest BCUT2D eigenvalue weighted by atomic mass is 10.1. The van der Waals surface area contributed by atoms with Crippen LogP contribution in [0.5, 0.6) is 11.6 Å². The second-order valence-electron chi connectivity index (χ2n) is 4.17. The second kappa shape index (κ2) is 7.31. The van der Waals surface area contributed by atoms with E-state index in [4.69, 9.17) is 4.74 Å². The highest BCUT2D eigenvalue weighted by atomic mass is 79.9. The first-order valence-corrected chi connectivity index (χ1v) is 7.04. The van der Waals surface area contributed by atoms with Crippen molar-refractivity contribution in [2.45, 2.75) is 17.9 Å². The van der Waals surface area contributed by atoms with Gasteiger partial charge < -0.3 is 9.47 Å². The molecule has 0 bridgehead atoms. The zero-order valence-corrected chi connectivity index (χ0v) is 12.8. The molecule has 1 atom stereocenters. The van der Waals surface area contributed by atoms with Gasteiger partial charge in [-0.3, -0.25) is 0 Å². The molecular weight excluding hydrogens is 346 g/mol. The van der Waals surface area contributed by atoms with Gasteiger partial charge in [0.05, 0.1) is 7.11 Å². The number of hydrogen-bond donors (Lipinski definition) is 0. The topological polar surface area (TPSA) is 44.2 Å². The molecule has 0 aliphatic heterocycles. The number of hydrogen-bond acceptors (Lipinski definition) is 4. The number of benzene rings is 1. The van der Waals surface area contributed by atoms with E-state index in [0.29, 0.717) is 12.3 Å². The molecule has 21 heavy (non-hydrogen) atoms. The van der Waals surface area contributed by atoms with E-state index in [9.17, 15) is 8.78 Å². The predicted molar refractivity (Wildman–Crippen MR) is 77.0 cm³/mol. The van der Waals surface area contributed by atoms with Gasteiger partial charge in [0, 0.05) is 23.0 Å². The summed E-state index contributed by atoms with van der Waals surface area (Å²) in [6, 6.07) is 8.29. The summed E-state index contributed by atoms with van der Waals surface area (Å²) in [5, 5.41) is 0. The van der Waals surface area contributed by atoms with Crippen LogP contribution in [0.1, 0.15) is 16.1 Å². The number of ether oxygens (including phenoxy) is 2. The SMILES string of the molecule is COc1cc(CC(Br)c2cccc(OC(F)F)c2)ncn1. The number of rotatable bonds is 6. The highest BCUT2D eigenvalue weighted by Crippen LogP contribution is 2.29. The van der Waals surface area contributed by atoms with E-state index in [1.807, 2.05) is 6.07 Å². The van der Waals surface area contributed by atoms with Crippen LogP contribution in [0.15, 0.2) is 36.7 Å². The molecule has 0 spiro atoms. The molecule has 1 unspecified atom stereocenters. The lowest BCUT2D eigenvalue weighted by Gasteiger charge is -2.12. The fourth-order valence-electron chi connectivity index (χ4n) is 1.79. The summed E-state index contributed by atoms with van der Waals surface area (Å²) in [6.07, 6.45) is 1.99. The summed E-state index contributed by atoms with van der Waals surface area (Å²) in [4.78, 5) is 8.00. The smallest absolute Gasteiger partial charge is 0.387 e. The van der Waals surface area contributed by atoms with Crippen molar-refractivity contribution in [2.75, 3.05) is 7.11 Å². The van der Waals surface area contributed by atoms with Crippen molar-refractivity contribution in [3.8, 4) is 11.6 Å². The van der Waals surface area contributed by atoms with E-state index in [-0.39, 0.29) is 10.6 Å². The van der Waals surface area contributed by atoms with Gasteiger partial charge >= 0.3 is 6.61 Å². The molecule has 1 aromatic heterocycles. The van der Waals surface area contributed by atoms with Gasteiger partial charge in [-0.05, 0) is 17.7 Å². The summed E-state index contributed by atoms with van der Waals surface area (Å²) in [6.45, 7) is -2.83. The average molecular weight is 359 g/mol. The maximum atomic E-state index is 12.2. The molecule has 112 valence electrons. The molecule has 2 rings (SSSR count). The molecule has 2 aromatic rings. The lowest BCUT2D eigenvalue weighted by Crippen LogP contribution is -2.03. The number of halogens is 3. The van der Waals surface area contributed by atoms with Crippen molar-refractivity contribution >= 4 is 15.9 Å². The molecule has 0 N–H and O–H groups in total. The van der Waals surface area contributed by atoms with E-state index in [0.717, 1.165) is 11.3 Å². The van der Waals surface area contributed by atoms with Crippen molar-refractivity contribution in [2.24, 2.45) is 0 Å². The molecular formula is C14H13BrF2N2O2. The molecule has 0 saturated heterocycles. The number of methoxy groups -OCH3 is 1. The molecule has 0 radical (unpaired) electrons. The van der Waals surface area contributed by atoms with Crippen LogP contribution >= 0.6 is 15.9 Å². The largest absolute Gasteiger partial charge is 0.481 e. The number of alkyl halides is 3. The fourth-order valence-corrected chi connectivity index (χ4v) is 2.40. The van der Waals surface area contributed by atoms with Crippen LogP contribution in [0.25, 0.3) is 0 Å². The Labute approximate surface area is 129 Å². The summed E-state index contributed by atoms with van der Waals surface area (Å²) in [7, 11) is 1.53. The van der Waals surface area contributed by atoms with E-state index in [1.54, 1.807) is 18.2 Å². The van der Waals surface area contributed by atoms with Crippen LogP contribution in [0.2, 0.25) is 0 Å². The molecule has 0 aliphatic rings. The Morgan fingerprint density at radius 2 is 2.05 bits per heavy atom. The van der Waals surface area contributed by atoms with Crippen molar-refractivity contribution < 1.29 is 18.3 Å². The van der Waals surface area contributed by atoms with Crippen LogP contribution in [0.4, 0.5) is 8.78 Å². The van der Waals surface area contributed by atoms with Crippen LogP contribution < -0.4 is 9.47 Å². The van der Waals surface area contributed by atoms with Gasteiger partial charge in [0.1, 0.15) is 12.1 Å². The predicted octanol–water partition coefficient (Wildman–Crippen LogP) is 3.77. The Hall–Kier alpha value is -1.76. The Kier molecular flexibility index (Phi) is 5.44. The van der Waals surface area contributed by atoms with Crippen LogP contribution in [0.3, 0.4) is 0 Å². The van der Waals surface area contributed by atoms with Gasteiger partial charge in [0.25, 0.3) is 0 Å². The van der Waals surface area contributed by atoms with Crippen molar-refractivity contribution in [3.63, 3.8) is 0 Å². The van der Waals surface area contributed by atoms with Gasteiger partial charge in [-0.25, -0.2) is 9.97 Å². The van der Waals surface area contributed by atoms with Crippen LogP contribution in [0, 0.1) is 0 Å². The minimum Gasteiger partial charge on any atom is -0.481 e. The molecule has 4 nitrogen and oxygen atoms in total. The normalized spacial score (nSPS) is 12.2. The Morgan fingerprint density at radius 1 is 1.24 bits per heavy atom. The van der Waals surface area contributed by atoms with Crippen molar-refractivity contribution in [1.29, 1.82) is 0 Å². The Morgan fingerprint density at radius 3 is 2.76 bits per heavy atom. The maximum absolute atomic E-state index is 12.2. The molecule has 0 amide bonds. The number of aromatic nitrogens is 2. The van der Waals surface area contributed by atoms with Gasteiger partial charge in [-0.15, -0.1) is 0 Å². The minimum atomic E-state index is -2.83. The first kappa shape index (κ1) is 15.6. The minimum absolute atomic E-state index is 0.0849. The van der Waals surface area contributed by atoms with E-state index in [2.05, 4.69) is 30.6 Å². The first-order chi connectivity index (χ1) is 10.1. The van der Waals surface area contributed by atoms with Crippen molar-refractivity contribution in [3.05, 3.63) is 47.9 Å².